The summed E-state index contributed by atoms with van der Waals surface area (Å²) in [5.41, 5.74) is 0.599. The second-order valence-corrected chi connectivity index (χ2v) is 3.93. The number of carbonyl (C=O) groups excluding carboxylic acids is 1. The number of benzene rings is 1. The van der Waals surface area contributed by atoms with Crippen LogP contribution < -0.4 is 5.32 Å². The van der Waals surface area contributed by atoms with Crippen molar-refractivity contribution in [2.45, 2.75) is 25.3 Å². The van der Waals surface area contributed by atoms with Gasteiger partial charge in [-0.2, -0.15) is 0 Å². The topological polar surface area (TPSA) is 38.3 Å². The van der Waals surface area contributed by atoms with Crippen LogP contribution >= 0.6 is 0 Å². The quantitative estimate of drug-likeness (QED) is 0.855. The molecule has 0 unspecified atom stereocenters. The van der Waals surface area contributed by atoms with Crippen molar-refractivity contribution < 1.29 is 13.9 Å². The van der Waals surface area contributed by atoms with Gasteiger partial charge in [-0.05, 0) is 37.5 Å². The summed E-state index contributed by atoms with van der Waals surface area (Å²) in [6, 6.07) is 6.22. The Morgan fingerprint density at radius 2 is 2.06 bits per heavy atom. The molecule has 1 aliphatic carbocycles. The first-order valence-electron chi connectivity index (χ1n) is 5.37. The zero-order valence-corrected chi connectivity index (χ0v) is 9.13. The monoisotopic (exact) mass is 223 g/mol. The normalized spacial score (nSPS) is 16.6. The molecule has 0 aliphatic heterocycles. The minimum atomic E-state index is -0.413. The van der Waals surface area contributed by atoms with Gasteiger partial charge in [0, 0.05) is 0 Å². The van der Waals surface area contributed by atoms with Crippen molar-refractivity contribution >= 4 is 6.09 Å². The molecule has 2 rings (SSSR count). The number of nitrogens with one attached hydrogen (secondary N) is 1. The second kappa shape index (κ2) is 4.12. The second-order valence-electron chi connectivity index (χ2n) is 3.93. The Morgan fingerprint density at radius 3 is 2.56 bits per heavy atom. The Morgan fingerprint density at radius 1 is 1.44 bits per heavy atom. The van der Waals surface area contributed by atoms with E-state index in [1.165, 1.54) is 12.1 Å². The number of hydrogen-bond donors (Lipinski definition) is 1. The summed E-state index contributed by atoms with van der Waals surface area (Å²) >= 11 is 0. The smallest absolute Gasteiger partial charge is 0.407 e. The van der Waals surface area contributed by atoms with Crippen LogP contribution in [0.25, 0.3) is 0 Å². The Kier molecular flexibility index (Phi) is 2.81. The van der Waals surface area contributed by atoms with Crippen molar-refractivity contribution in [2.24, 2.45) is 0 Å². The van der Waals surface area contributed by atoms with E-state index in [9.17, 15) is 9.18 Å². The molecule has 1 saturated carbocycles. The largest absolute Gasteiger partial charge is 0.450 e. The van der Waals surface area contributed by atoms with Gasteiger partial charge in [0.15, 0.2) is 0 Å². The number of carbonyl (C=O) groups is 1. The standard InChI is InChI=1S/C12H14FNO2/c1-2-16-11(15)14-12(7-8-12)9-3-5-10(13)6-4-9/h3-6H,2,7-8H2,1H3,(H,14,15). The van der Waals surface area contributed by atoms with Crippen LogP contribution in [-0.4, -0.2) is 12.7 Å². The maximum Gasteiger partial charge on any atom is 0.407 e. The Hall–Kier alpha value is -1.58. The van der Waals surface area contributed by atoms with Gasteiger partial charge in [0.25, 0.3) is 0 Å². The van der Waals surface area contributed by atoms with Gasteiger partial charge in [-0.25, -0.2) is 9.18 Å². The van der Waals surface area contributed by atoms with Gasteiger partial charge in [0.2, 0.25) is 0 Å². The van der Waals surface area contributed by atoms with Crippen LogP contribution in [0.1, 0.15) is 25.3 Å². The Labute approximate surface area is 93.6 Å². The molecule has 1 aromatic rings. The molecule has 1 aromatic carbocycles. The van der Waals surface area contributed by atoms with Gasteiger partial charge >= 0.3 is 6.09 Å². The summed E-state index contributed by atoms with van der Waals surface area (Å²) in [5.74, 6) is -0.268. The van der Waals surface area contributed by atoms with E-state index in [1.807, 2.05) is 0 Å². The lowest BCUT2D eigenvalue weighted by Crippen LogP contribution is -2.35. The highest BCUT2D eigenvalue weighted by Gasteiger charge is 2.46. The highest BCUT2D eigenvalue weighted by atomic mass is 19.1. The Bertz CT molecular complexity index is 385. The van der Waals surface area contributed by atoms with Crippen molar-refractivity contribution in [1.82, 2.24) is 5.32 Å². The van der Waals surface area contributed by atoms with Crippen molar-refractivity contribution in [2.75, 3.05) is 6.61 Å². The zero-order valence-electron chi connectivity index (χ0n) is 9.13. The van der Waals surface area contributed by atoms with Gasteiger partial charge in [-0.1, -0.05) is 12.1 Å². The van der Waals surface area contributed by atoms with Gasteiger partial charge in [-0.15, -0.1) is 0 Å². The third kappa shape index (κ3) is 2.15. The lowest BCUT2D eigenvalue weighted by atomic mass is 10.1. The molecule has 3 nitrogen and oxygen atoms in total. The minimum Gasteiger partial charge on any atom is -0.450 e. The molecule has 1 N–H and O–H groups in total. The molecule has 0 atom stereocenters. The maximum absolute atomic E-state index is 12.8. The molecule has 1 fully saturated rings. The third-order valence-corrected chi connectivity index (χ3v) is 2.76. The first kappa shape index (κ1) is 10.9. The van der Waals surface area contributed by atoms with Gasteiger partial charge in [0.05, 0.1) is 12.1 Å². The SMILES string of the molecule is CCOC(=O)NC1(c2ccc(F)cc2)CC1. The molecule has 16 heavy (non-hydrogen) atoms. The van der Waals surface area contributed by atoms with Crippen LogP contribution in [0.2, 0.25) is 0 Å². The van der Waals surface area contributed by atoms with Crippen LogP contribution in [0.4, 0.5) is 9.18 Å². The fourth-order valence-corrected chi connectivity index (χ4v) is 1.74. The van der Waals surface area contributed by atoms with E-state index >= 15 is 0 Å². The minimum absolute atomic E-state index is 0.268. The summed E-state index contributed by atoms with van der Waals surface area (Å²) in [5, 5.41) is 2.82. The van der Waals surface area contributed by atoms with E-state index in [0.717, 1.165) is 18.4 Å². The van der Waals surface area contributed by atoms with Crippen LogP contribution in [0.3, 0.4) is 0 Å². The molecule has 4 heteroatoms. The molecule has 0 aromatic heterocycles. The van der Waals surface area contributed by atoms with Gasteiger partial charge < -0.3 is 10.1 Å². The molecule has 86 valence electrons. The van der Waals surface area contributed by atoms with Crippen molar-refractivity contribution in [3.05, 3.63) is 35.6 Å². The molecule has 0 heterocycles. The number of amides is 1. The fourth-order valence-electron chi connectivity index (χ4n) is 1.74. The number of ether oxygens (including phenoxy) is 1. The summed E-state index contributed by atoms with van der Waals surface area (Å²) in [7, 11) is 0. The summed E-state index contributed by atoms with van der Waals surface area (Å²) in [6.07, 6.45) is 1.33. The van der Waals surface area contributed by atoms with E-state index < -0.39 is 6.09 Å². The summed E-state index contributed by atoms with van der Waals surface area (Å²) < 4.78 is 17.6. The van der Waals surface area contributed by atoms with E-state index in [4.69, 9.17) is 4.74 Å². The molecule has 0 bridgehead atoms. The van der Waals surface area contributed by atoms with Gasteiger partial charge in [-0.3, -0.25) is 0 Å². The predicted molar refractivity (Wildman–Crippen MR) is 57.5 cm³/mol. The third-order valence-electron chi connectivity index (χ3n) is 2.76. The highest BCUT2D eigenvalue weighted by Crippen LogP contribution is 2.45. The molecular weight excluding hydrogens is 209 g/mol. The average Bonchev–Trinajstić information content (AvgIpc) is 3.00. The molecular formula is C12H14FNO2. The van der Waals surface area contributed by atoms with Crippen molar-refractivity contribution in [3.8, 4) is 0 Å². The Balaban J connectivity index is 2.08. The maximum atomic E-state index is 12.8. The summed E-state index contributed by atoms with van der Waals surface area (Å²) in [6.45, 7) is 2.11. The van der Waals surface area contributed by atoms with Crippen LogP contribution in [0.15, 0.2) is 24.3 Å². The summed E-state index contributed by atoms with van der Waals surface area (Å²) in [4.78, 5) is 11.3. The fraction of sp³-hybridized carbons (Fsp3) is 0.417. The first-order valence-corrected chi connectivity index (χ1v) is 5.37. The van der Waals surface area contributed by atoms with E-state index in [0.29, 0.717) is 6.61 Å². The van der Waals surface area contributed by atoms with E-state index in [2.05, 4.69) is 5.32 Å². The van der Waals surface area contributed by atoms with Gasteiger partial charge in [0.1, 0.15) is 5.82 Å². The lowest BCUT2D eigenvalue weighted by molar-refractivity contribution is 0.146. The lowest BCUT2D eigenvalue weighted by Gasteiger charge is -2.17. The van der Waals surface area contributed by atoms with Crippen LogP contribution in [0, 0.1) is 5.82 Å². The van der Waals surface area contributed by atoms with Crippen LogP contribution in [0.5, 0.6) is 0 Å². The number of halogens is 1. The predicted octanol–water partition coefficient (Wildman–Crippen LogP) is 2.56. The van der Waals surface area contributed by atoms with Crippen molar-refractivity contribution in [1.29, 1.82) is 0 Å². The van der Waals surface area contributed by atoms with E-state index in [-0.39, 0.29) is 11.4 Å². The number of hydrogen-bond acceptors (Lipinski definition) is 2. The average molecular weight is 223 g/mol. The highest BCUT2D eigenvalue weighted by molar-refractivity contribution is 5.69. The van der Waals surface area contributed by atoms with Crippen LogP contribution in [-0.2, 0) is 10.3 Å². The molecule has 1 amide bonds. The van der Waals surface area contributed by atoms with Crippen molar-refractivity contribution in [3.63, 3.8) is 0 Å². The number of rotatable bonds is 3. The first-order chi connectivity index (χ1) is 7.66. The molecule has 0 saturated heterocycles. The number of alkyl carbamates (subject to hydrolysis) is 1. The molecule has 0 radical (unpaired) electrons. The molecule has 0 spiro atoms. The van der Waals surface area contributed by atoms with E-state index in [1.54, 1.807) is 19.1 Å². The zero-order chi connectivity index (χ0) is 11.6. The molecule has 1 aliphatic rings.